The van der Waals surface area contributed by atoms with E-state index in [-0.39, 0.29) is 23.1 Å². The highest BCUT2D eigenvalue weighted by atomic mass is 16.6. The van der Waals surface area contributed by atoms with E-state index in [0.717, 1.165) is 0 Å². The first-order valence-corrected chi connectivity index (χ1v) is 5.80. The molecule has 1 atom stereocenters. The van der Waals surface area contributed by atoms with Crippen LogP contribution in [0.3, 0.4) is 0 Å². The SMILES string of the molecule is CCC(C)C(=O)NNC(=O)c1ccc([N+](=O)[O-])cc1. The van der Waals surface area contributed by atoms with Gasteiger partial charge >= 0.3 is 0 Å². The molecular weight excluding hydrogens is 250 g/mol. The molecule has 102 valence electrons. The molecule has 19 heavy (non-hydrogen) atoms. The van der Waals surface area contributed by atoms with Gasteiger partial charge in [-0.3, -0.25) is 30.6 Å². The minimum atomic E-state index is -0.549. The average Bonchev–Trinajstić information content (AvgIpc) is 2.43. The van der Waals surface area contributed by atoms with Gasteiger partial charge in [-0.25, -0.2) is 0 Å². The number of hydrazine groups is 1. The van der Waals surface area contributed by atoms with Crippen molar-refractivity contribution in [2.24, 2.45) is 5.92 Å². The number of hydrogen-bond acceptors (Lipinski definition) is 4. The van der Waals surface area contributed by atoms with Crippen molar-refractivity contribution in [2.75, 3.05) is 0 Å². The Balaban J connectivity index is 2.59. The van der Waals surface area contributed by atoms with Crippen molar-refractivity contribution in [3.05, 3.63) is 39.9 Å². The fraction of sp³-hybridized carbons (Fsp3) is 0.333. The molecule has 0 bridgehead atoms. The molecule has 0 saturated heterocycles. The van der Waals surface area contributed by atoms with Crippen molar-refractivity contribution >= 4 is 17.5 Å². The van der Waals surface area contributed by atoms with E-state index in [2.05, 4.69) is 10.9 Å². The summed E-state index contributed by atoms with van der Waals surface area (Å²) >= 11 is 0. The van der Waals surface area contributed by atoms with E-state index in [9.17, 15) is 19.7 Å². The Morgan fingerprint density at radius 3 is 2.32 bits per heavy atom. The van der Waals surface area contributed by atoms with Crippen LogP contribution in [0.5, 0.6) is 0 Å². The molecule has 0 aliphatic rings. The van der Waals surface area contributed by atoms with Crippen molar-refractivity contribution in [3.8, 4) is 0 Å². The minimum absolute atomic E-state index is 0.0970. The molecule has 0 spiro atoms. The van der Waals surface area contributed by atoms with Crippen molar-refractivity contribution in [1.82, 2.24) is 10.9 Å². The number of benzene rings is 1. The summed E-state index contributed by atoms with van der Waals surface area (Å²) in [4.78, 5) is 33.0. The fourth-order valence-electron chi connectivity index (χ4n) is 1.23. The molecule has 7 heteroatoms. The standard InChI is InChI=1S/C12H15N3O4/c1-3-8(2)11(16)13-14-12(17)9-4-6-10(7-5-9)15(18)19/h4-8H,3H2,1-2H3,(H,13,16)(H,14,17). The fourth-order valence-corrected chi connectivity index (χ4v) is 1.23. The van der Waals surface area contributed by atoms with E-state index in [1.54, 1.807) is 6.92 Å². The molecule has 7 nitrogen and oxygen atoms in total. The highest BCUT2D eigenvalue weighted by Crippen LogP contribution is 2.11. The predicted molar refractivity (Wildman–Crippen MR) is 68.2 cm³/mol. The molecule has 0 radical (unpaired) electrons. The van der Waals surface area contributed by atoms with Crippen molar-refractivity contribution in [2.45, 2.75) is 20.3 Å². The number of nitro benzene ring substituents is 1. The van der Waals surface area contributed by atoms with Crippen LogP contribution < -0.4 is 10.9 Å². The van der Waals surface area contributed by atoms with Gasteiger partial charge in [-0.15, -0.1) is 0 Å². The van der Waals surface area contributed by atoms with Gasteiger partial charge in [0, 0.05) is 23.6 Å². The van der Waals surface area contributed by atoms with Crippen LogP contribution in [0, 0.1) is 16.0 Å². The summed E-state index contributed by atoms with van der Waals surface area (Å²) in [5.41, 5.74) is 4.69. The second-order valence-electron chi connectivity index (χ2n) is 4.06. The topological polar surface area (TPSA) is 101 Å². The van der Waals surface area contributed by atoms with E-state index < -0.39 is 10.8 Å². The number of nitrogens with one attached hydrogen (secondary N) is 2. The number of carbonyl (C=O) groups is 2. The van der Waals surface area contributed by atoms with Crippen molar-refractivity contribution < 1.29 is 14.5 Å². The number of nitrogens with zero attached hydrogens (tertiary/aromatic N) is 1. The first kappa shape index (κ1) is 14.6. The van der Waals surface area contributed by atoms with Gasteiger partial charge in [0.2, 0.25) is 5.91 Å². The quantitative estimate of drug-likeness (QED) is 0.634. The van der Waals surface area contributed by atoms with Crippen LogP contribution in [0.25, 0.3) is 0 Å². The first-order chi connectivity index (χ1) is 8.95. The lowest BCUT2D eigenvalue weighted by atomic mass is 10.1. The van der Waals surface area contributed by atoms with Crippen LogP contribution in [0.2, 0.25) is 0 Å². The van der Waals surface area contributed by atoms with Crippen LogP contribution in [0.15, 0.2) is 24.3 Å². The second-order valence-corrected chi connectivity index (χ2v) is 4.06. The maximum atomic E-state index is 11.6. The normalized spacial score (nSPS) is 11.5. The highest BCUT2D eigenvalue weighted by molar-refractivity contribution is 5.95. The van der Waals surface area contributed by atoms with Gasteiger partial charge in [-0.05, 0) is 18.6 Å². The zero-order valence-corrected chi connectivity index (χ0v) is 10.7. The Morgan fingerprint density at radius 1 is 1.26 bits per heavy atom. The third-order valence-corrected chi connectivity index (χ3v) is 2.70. The second kappa shape index (κ2) is 6.48. The zero-order valence-electron chi connectivity index (χ0n) is 10.7. The van der Waals surface area contributed by atoms with Gasteiger partial charge in [-0.2, -0.15) is 0 Å². The molecule has 1 rings (SSSR count). The molecule has 0 saturated carbocycles. The van der Waals surface area contributed by atoms with E-state index >= 15 is 0 Å². The lowest BCUT2D eigenvalue weighted by Gasteiger charge is -2.10. The molecule has 2 amide bonds. The highest BCUT2D eigenvalue weighted by Gasteiger charge is 2.13. The predicted octanol–water partition coefficient (Wildman–Crippen LogP) is 1.40. The monoisotopic (exact) mass is 265 g/mol. The van der Waals surface area contributed by atoms with E-state index in [1.807, 2.05) is 6.92 Å². The minimum Gasteiger partial charge on any atom is -0.273 e. The van der Waals surface area contributed by atoms with Crippen molar-refractivity contribution in [3.63, 3.8) is 0 Å². The Morgan fingerprint density at radius 2 is 1.84 bits per heavy atom. The molecule has 0 fully saturated rings. The lowest BCUT2D eigenvalue weighted by molar-refractivity contribution is -0.384. The first-order valence-electron chi connectivity index (χ1n) is 5.80. The molecular formula is C12H15N3O4. The molecule has 1 aromatic carbocycles. The van der Waals surface area contributed by atoms with E-state index in [4.69, 9.17) is 0 Å². The summed E-state index contributed by atoms with van der Waals surface area (Å²) in [6, 6.07) is 5.10. The maximum Gasteiger partial charge on any atom is 0.269 e. The summed E-state index contributed by atoms with van der Waals surface area (Å²) in [5, 5.41) is 10.5. The number of amides is 2. The summed E-state index contributed by atoms with van der Waals surface area (Å²) in [5.74, 6) is -0.999. The molecule has 1 aromatic rings. The molecule has 0 aliphatic heterocycles. The van der Waals surface area contributed by atoms with Crippen LogP contribution >= 0.6 is 0 Å². The Hall–Kier alpha value is -2.44. The van der Waals surface area contributed by atoms with Gasteiger partial charge in [0.1, 0.15) is 0 Å². The third kappa shape index (κ3) is 4.06. The molecule has 2 N–H and O–H groups in total. The maximum absolute atomic E-state index is 11.6. The summed E-state index contributed by atoms with van der Waals surface area (Å²) < 4.78 is 0. The molecule has 0 aromatic heterocycles. The zero-order chi connectivity index (χ0) is 14.4. The smallest absolute Gasteiger partial charge is 0.269 e. The number of carbonyl (C=O) groups excluding carboxylic acids is 2. The van der Waals surface area contributed by atoms with Gasteiger partial charge in [0.15, 0.2) is 0 Å². The number of rotatable bonds is 4. The Bertz CT molecular complexity index is 484. The Labute approximate surface area is 110 Å². The largest absolute Gasteiger partial charge is 0.273 e. The summed E-state index contributed by atoms with van der Waals surface area (Å²) in [6.45, 7) is 3.61. The van der Waals surface area contributed by atoms with Crippen LogP contribution in [0.4, 0.5) is 5.69 Å². The third-order valence-electron chi connectivity index (χ3n) is 2.70. The molecule has 0 aliphatic carbocycles. The van der Waals surface area contributed by atoms with Crippen molar-refractivity contribution in [1.29, 1.82) is 0 Å². The lowest BCUT2D eigenvalue weighted by Crippen LogP contribution is -2.43. The van der Waals surface area contributed by atoms with Gasteiger partial charge in [-0.1, -0.05) is 13.8 Å². The van der Waals surface area contributed by atoms with Crippen LogP contribution in [0.1, 0.15) is 30.6 Å². The summed E-state index contributed by atoms with van der Waals surface area (Å²) in [7, 11) is 0. The molecule has 1 unspecified atom stereocenters. The molecule has 0 heterocycles. The van der Waals surface area contributed by atoms with Crippen LogP contribution in [-0.2, 0) is 4.79 Å². The van der Waals surface area contributed by atoms with Gasteiger partial charge < -0.3 is 0 Å². The summed E-state index contributed by atoms with van der Waals surface area (Å²) in [6.07, 6.45) is 0.666. The Kier molecular flexibility index (Phi) is 4.99. The van der Waals surface area contributed by atoms with E-state index in [1.165, 1.54) is 24.3 Å². The van der Waals surface area contributed by atoms with E-state index in [0.29, 0.717) is 6.42 Å². The van der Waals surface area contributed by atoms with Crippen LogP contribution in [-0.4, -0.2) is 16.7 Å². The average molecular weight is 265 g/mol. The number of non-ortho nitro benzene ring substituents is 1. The van der Waals surface area contributed by atoms with Gasteiger partial charge in [0.25, 0.3) is 11.6 Å². The van der Waals surface area contributed by atoms with Gasteiger partial charge in [0.05, 0.1) is 4.92 Å². The number of nitro groups is 1. The number of hydrogen-bond donors (Lipinski definition) is 2.